The molecule has 0 aliphatic carbocycles. The predicted molar refractivity (Wildman–Crippen MR) is 262 cm³/mol. The van der Waals surface area contributed by atoms with E-state index in [4.69, 9.17) is 9.40 Å². The summed E-state index contributed by atoms with van der Waals surface area (Å²) in [5, 5.41) is 2.48. The van der Waals surface area contributed by atoms with Crippen LogP contribution in [0.5, 0.6) is 0 Å². The fraction of sp³-hybridized carbons (Fsp3) is 0.232. The summed E-state index contributed by atoms with van der Waals surface area (Å²) >= 11 is 0. The number of nitrogens with zero attached hydrogens (tertiary/aromatic N) is 4. The second-order valence-electron chi connectivity index (χ2n) is 18.3. The van der Waals surface area contributed by atoms with Gasteiger partial charge in [-0.3, -0.25) is 9.97 Å². The van der Waals surface area contributed by atoms with Crippen LogP contribution in [0.3, 0.4) is 0 Å². The van der Waals surface area contributed by atoms with Gasteiger partial charge in [0.2, 0.25) is 0 Å². The standard InChI is InChI=1S/C38H32N3O.C18H24NSi.Ir/c1-24(2)30-21-29(26-10-6-5-7-11-26)22-31(25(3)4)37(30)41-35-13-9-8-12-34(35)40-38(41)33-23-42-36-15-14-28(20-32(33)36)27-16-18-39-19-17-27;1-14(2)11-16-12-17(15-9-7-6-8-10-15)19-13-18(16)20(3,4)5;/h5-22,24-25H,1-4H3;6-9,12-14H,11H2,1-5H3;/q2*-1;. The molecule has 0 saturated heterocycles. The molecule has 9 rings (SSSR count). The van der Waals surface area contributed by atoms with Crippen LogP contribution in [-0.4, -0.2) is 27.6 Å². The van der Waals surface area contributed by atoms with E-state index in [1.165, 1.54) is 38.7 Å². The SMILES string of the molecule is CC(C)Cc1cc(-c2[c-]cccc2)ncc1[Si](C)(C)C.CC(C)c1cc(-c2ccccc2)cc(C(C)C)c1-n1c(-c2[c-]oc3ccc(-c4ccncc4)cc23)nc2ccccc21.[Ir]. The Kier molecular flexibility index (Phi) is 13.9. The van der Waals surface area contributed by atoms with Crippen LogP contribution in [0.1, 0.15) is 70.1 Å². The van der Waals surface area contributed by atoms with E-state index in [1.807, 2.05) is 54.9 Å². The van der Waals surface area contributed by atoms with Gasteiger partial charge in [-0.1, -0.05) is 144 Å². The predicted octanol–water partition coefficient (Wildman–Crippen LogP) is 14.5. The summed E-state index contributed by atoms with van der Waals surface area (Å²) in [7, 11) is -1.34. The molecule has 0 fully saturated rings. The van der Waals surface area contributed by atoms with Crippen molar-refractivity contribution in [1.29, 1.82) is 0 Å². The molecule has 5 nitrogen and oxygen atoms in total. The van der Waals surface area contributed by atoms with E-state index in [-0.39, 0.29) is 20.1 Å². The van der Waals surface area contributed by atoms with E-state index in [2.05, 4.69) is 179 Å². The summed E-state index contributed by atoms with van der Waals surface area (Å²) in [6, 6.07) is 47.7. The van der Waals surface area contributed by atoms with Crippen molar-refractivity contribution in [1.82, 2.24) is 19.5 Å². The molecule has 4 heterocycles. The Morgan fingerprint density at radius 2 is 1.35 bits per heavy atom. The molecule has 4 aromatic heterocycles. The zero-order valence-electron chi connectivity index (χ0n) is 37.8. The van der Waals surface area contributed by atoms with Gasteiger partial charge in [-0.05, 0) is 105 Å². The van der Waals surface area contributed by atoms with Crippen LogP contribution >= 0.6 is 0 Å². The maximum absolute atomic E-state index is 6.02. The number of furan rings is 1. The Balaban J connectivity index is 0.000000239. The van der Waals surface area contributed by atoms with Crippen LogP contribution in [0.2, 0.25) is 19.6 Å². The van der Waals surface area contributed by atoms with E-state index in [0.717, 1.165) is 62.2 Å². The van der Waals surface area contributed by atoms with Crippen molar-refractivity contribution in [3.63, 3.8) is 0 Å². The van der Waals surface area contributed by atoms with E-state index >= 15 is 0 Å². The Labute approximate surface area is 388 Å². The van der Waals surface area contributed by atoms with Crippen molar-refractivity contribution in [3.8, 4) is 50.6 Å². The Morgan fingerprint density at radius 1 is 0.683 bits per heavy atom. The molecule has 0 amide bonds. The molecule has 0 unspecified atom stereocenters. The van der Waals surface area contributed by atoms with Crippen LogP contribution < -0.4 is 5.19 Å². The molecular formula is C56H56IrN4OSi-2. The van der Waals surface area contributed by atoms with Crippen molar-refractivity contribution in [2.24, 2.45) is 5.92 Å². The number of hydrogen-bond donors (Lipinski definition) is 0. The quantitative estimate of drug-likeness (QED) is 0.101. The van der Waals surface area contributed by atoms with E-state index in [0.29, 0.717) is 17.8 Å². The summed E-state index contributed by atoms with van der Waals surface area (Å²) in [6.07, 6.45) is 10.1. The zero-order valence-corrected chi connectivity index (χ0v) is 41.2. The second-order valence-corrected chi connectivity index (χ2v) is 23.4. The van der Waals surface area contributed by atoms with E-state index in [1.54, 1.807) is 0 Å². The van der Waals surface area contributed by atoms with Crippen LogP contribution in [0.25, 0.3) is 72.6 Å². The molecular weight excluding hydrogens is 965 g/mol. The molecule has 7 heteroatoms. The first-order valence-corrected chi connectivity index (χ1v) is 25.4. The van der Waals surface area contributed by atoms with E-state index in [9.17, 15) is 0 Å². The topological polar surface area (TPSA) is 56.7 Å². The third-order valence-corrected chi connectivity index (χ3v) is 13.5. The monoisotopic (exact) mass is 1020 g/mol. The fourth-order valence-electron chi connectivity index (χ4n) is 8.38. The number of hydrogen-bond acceptors (Lipinski definition) is 4. The summed E-state index contributed by atoms with van der Waals surface area (Å²) in [5.41, 5.74) is 15.7. The second kappa shape index (κ2) is 19.3. The normalized spacial score (nSPS) is 11.6. The van der Waals surface area contributed by atoms with Crippen molar-refractivity contribution in [2.75, 3.05) is 0 Å². The molecule has 63 heavy (non-hydrogen) atoms. The maximum atomic E-state index is 6.02. The molecule has 0 aliphatic heterocycles. The first kappa shape index (κ1) is 45.3. The van der Waals surface area contributed by atoms with E-state index < -0.39 is 8.07 Å². The van der Waals surface area contributed by atoms with Gasteiger partial charge in [0.15, 0.2) is 0 Å². The van der Waals surface area contributed by atoms with Gasteiger partial charge in [-0.25, -0.2) is 0 Å². The zero-order chi connectivity index (χ0) is 43.5. The first-order chi connectivity index (χ1) is 29.9. The number of benzene rings is 5. The Hall–Kier alpha value is -5.72. The van der Waals surface area contributed by atoms with Crippen molar-refractivity contribution >= 4 is 35.3 Å². The molecule has 0 spiro atoms. The smallest absolute Gasteiger partial charge is 0.0798 e. The molecule has 321 valence electrons. The molecule has 5 aromatic carbocycles. The number of rotatable bonds is 10. The number of para-hydroxylation sites is 2. The van der Waals surface area contributed by atoms with Crippen LogP contribution in [0, 0.1) is 18.2 Å². The van der Waals surface area contributed by atoms with Gasteiger partial charge in [0.05, 0.1) is 24.9 Å². The molecule has 9 aromatic rings. The third kappa shape index (κ3) is 9.77. The van der Waals surface area contributed by atoms with Crippen molar-refractivity contribution in [3.05, 3.63) is 175 Å². The summed E-state index contributed by atoms with van der Waals surface area (Å²) < 4.78 is 8.36. The fourth-order valence-corrected chi connectivity index (χ4v) is 9.97. The average Bonchev–Trinajstić information content (AvgIpc) is 3.87. The summed E-state index contributed by atoms with van der Waals surface area (Å²) in [6.45, 7) is 20.8. The molecule has 0 atom stereocenters. The number of pyridine rings is 2. The van der Waals surface area contributed by atoms with Crippen LogP contribution in [-0.2, 0) is 26.5 Å². The molecule has 0 aliphatic rings. The van der Waals surface area contributed by atoms with Crippen molar-refractivity contribution < 1.29 is 24.5 Å². The molecule has 0 bridgehead atoms. The minimum Gasteiger partial charge on any atom is -0.557 e. The minimum atomic E-state index is -1.34. The largest absolute Gasteiger partial charge is 0.557 e. The van der Waals surface area contributed by atoms with Gasteiger partial charge in [0.1, 0.15) is 0 Å². The number of imidazole rings is 1. The Morgan fingerprint density at radius 3 is 2.00 bits per heavy atom. The minimum absolute atomic E-state index is 0. The van der Waals surface area contributed by atoms with Crippen LogP contribution in [0.4, 0.5) is 0 Å². The summed E-state index contributed by atoms with van der Waals surface area (Å²) in [4.78, 5) is 14.1. The van der Waals surface area contributed by atoms with Gasteiger partial charge in [-0.15, -0.1) is 35.9 Å². The number of fused-ring (bicyclic) bond motifs is 2. The molecule has 1 radical (unpaired) electrons. The average molecular weight is 1020 g/mol. The van der Waals surface area contributed by atoms with Crippen molar-refractivity contribution in [2.45, 2.75) is 79.4 Å². The maximum Gasteiger partial charge on any atom is 0.0798 e. The van der Waals surface area contributed by atoms with Gasteiger partial charge < -0.3 is 14.0 Å². The molecule has 0 N–H and O–H groups in total. The van der Waals surface area contributed by atoms with Crippen LogP contribution in [0.15, 0.2) is 150 Å². The van der Waals surface area contributed by atoms with Gasteiger partial charge in [-0.2, -0.15) is 0 Å². The first-order valence-electron chi connectivity index (χ1n) is 21.9. The van der Waals surface area contributed by atoms with Gasteiger partial charge >= 0.3 is 0 Å². The number of aromatic nitrogens is 4. The van der Waals surface area contributed by atoms with Gasteiger partial charge in [0, 0.05) is 56.2 Å². The summed E-state index contributed by atoms with van der Waals surface area (Å²) in [5.74, 6) is 2.08. The Bertz CT molecular complexity index is 2920. The van der Waals surface area contributed by atoms with Gasteiger partial charge in [0.25, 0.3) is 0 Å². The molecule has 0 saturated carbocycles. The third-order valence-electron chi connectivity index (χ3n) is 11.5.